The summed E-state index contributed by atoms with van der Waals surface area (Å²) in [5, 5.41) is 2.13. The lowest BCUT2D eigenvalue weighted by Crippen LogP contribution is -2.48. The molecular formula is C27H36N2O3S. The molecule has 1 aliphatic heterocycles. The van der Waals surface area contributed by atoms with Crippen molar-refractivity contribution in [1.82, 2.24) is 9.80 Å². The number of thiophene rings is 1. The van der Waals surface area contributed by atoms with E-state index in [4.69, 9.17) is 4.74 Å². The minimum absolute atomic E-state index is 0.0432. The van der Waals surface area contributed by atoms with Gasteiger partial charge in [0.05, 0.1) is 12.6 Å². The van der Waals surface area contributed by atoms with Crippen LogP contribution in [0.4, 0.5) is 0 Å². The van der Waals surface area contributed by atoms with Crippen molar-refractivity contribution >= 4 is 23.2 Å². The van der Waals surface area contributed by atoms with Crippen LogP contribution in [0.3, 0.4) is 0 Å². The monoisotopic (exact) mass is 468 g/mol. The molecule has 178 valence electrons. The van der Waals surface area contributed by atoms with E-state index in [-0.39, 0.29) is 30.3 Å². The van der Waals surface area contributed by atoms with Gasteiger partial charge < -0.3 is 14.5 Å². The van der Waals surface area contributed by atoms with E-state index in [1.807, 2.05) is 15.9 Å². The second-order valence-corrected chi connectivity index (χ2v) is 10.3. The molecule has 0 saturated heterocycles. The Morgan fingerprint density at radius 2 is 1.91 bits per heavy atom. The Balaban J connectivity index is 1.56. The first-order chi connectivity index (χ1) is 16.1. The average Bonchev–Trinajstić information content (AvgIpc) is 3.32. The number of hydrogen-bond acceptors (Lipinski definition) is 4. The molecule has 1 aromatic carbocycles. The fraction of sp³-hybridized carbons (Fsp3) is 0.556. The number of methoxy groups -OCH3 is 1. The number of carbonyl (C=O) groups is 2. The maximum atomic E-state index is 13.8. The Kier molecular flexibility index (Phi) is 8.20. The first-order valence-corrected chi connectivity index (χ1v) is 13.2. The second kappa shape index (κ2) is 11.3. The highest BCUT2D eigenvalue weighted by atomic mass is 32.1. The van der Waals surface area contributed by atoms with Crippen molar-refractivity contribution < 1.29 is 14.3 Å². The number of carbonyl (C=O) groups excluding carboxylic acids is 2. The Labute approximate surface area is 201 Å². The molecule has 0 bridgehead atoms. The highest BCUT2D eigenvalue weighted by Gasteiger charge is 2.35. The third kappa shape index (κ3) is 5.49. The lowest BCUT2D eigenvalue weighted by molar-refractivity contribution is -0.144. The molecule has 1 unspecified atom stereocenters. The molecule has 5 nitrogen and oxygen atoms in total. The molecule has 0 N–H and O–H groups in total. The van der Waals surface area contributed by atoms with Crippen LogP contribution in [-0.2, 0) is 20.7 Å². The molecule has 1 aliphatic carbocycles. The van der Waals surface area contributed by atoms with E-state index < -0.39 is 0 Å². The van der Waals surface area contributed by atoms with Crippen molar-refractivity contribution in [1.29, 1.82) is 0 Å². The SMILES string of the molecule is COCCCN(CC(=O)N1CCc2sccc2C1c1ccccc1C)C(=O)C1CCCCC1. The molecular weight excluding hydrogens is 432 g/mol. The van der Waals surface area contributed by atoms with Crippen LogP contribution < -0.4 is 0 Å². The molecule has 4 rings (SSSR count). The predicted molar refractivity (Wildman–Crippen MR) is 132 cm³/mol. The van der Waals surface area contributed by atoms with Crippen LogP contribution in [0.15, 0.2) is 35.7 Å². The van der Waals surface area contributed by atoms with Crippen molar-refractivity contribution in [2.75, 3.05) is 33.4 Å². The van der Waals surface area contributed by atoms with Gasteiger partial charge in [-0.25, -0.2) is 0 Å². The number of amides is 2. The van der Waals surface area contributed by atoms with Gasteiger partial charge in [0, 0.05) is 37.6 Å². The van der Waals surface area contributed by atoms with Gasteiger partial charge in [-0.3, -0.25) is 9.59 Å². The minimum Gasteiger partial charge on any atom is -0.385 e. The molecule has 1 atom stereocenters. The van der Waals surface area contributed by atoms with Crippen LogP contribution in [0.25, 0.3) is 0 Å². The highest BCUT2D eigenvalue weighted by Crippen LogP contribution is 2.39. The average molecular weight is 469 g/mol. The fourth-order valence-electron chi connectivity index (χ4n) is 5.34. The third-order valence-electron chi connectivity index (χ3n) is 7.14. The first-order valence-electron chi connectivity index (χ1n) is 12.3. The van der Waals surface area contributed by atoms with Crippen molar-refractivity contribution in [3.63, 3.8) is 0 Å². The Morgan fingerprint density at radius 1 is 1.12 bits per heavy atom. The summed E-state index contributed by atoms with van der Waals surface area (Å²) < 4.78 is 5.22. The van der Waals surface area contributed by atoms with Crippen molar-refractivity contribution in [3.8, 4) is 0 Å². The Morgan fingerprint density at radius 3 is 2.67 bits per heavy atom. The maximum Gasteiger partial charge on any atom is 0.242 e. The van der Waals surface area contributed by atoms with Crippen LogP contribution in [-0.4, -0.2) is 55.0 Å². The molecule has 1 aromatic heterocycles. The lowest BCUT2D eigenvalue weighted by atomic mass is 9.88. The summed E-state index contributed by atoms with van der Waals surface area (Å²) in [6, 6.07) is 10.4. The van der Waals surface area contributed by atoms with Crippen LogP contribution in [0.2, 0.25) is 0 Å². The molecule has 1 fully saturated rings. The molecule has 1 saturated carbocycles. The van der Waals surface area contributed by atoms with E-state index in [1.165, 1.54) is 28.0 Å². The van der Waals surface area contributed by atoms with Gasteiger partial charge >= 0.3 is 0 Å². The van der Waals surface area contributed by atoms with Gasteiger partial charge in [0.25, 0.3) is 0 Å². The lowest BCUT2D eigenvalue weighted by Gasteiger charge is -2.38. The quantitative estimate of drug-likeness (QED) is 0.514. The molecule has 33 heavy (non-hydrogen) atoms. The molecule has 2 heterocycles. The van der Waals surface area contributed by atoms with Gasteiger partial charge in [-0.05, 0) is 60.7 Å². The van der Waals surface area contributed by atoms with Gasteiger partial charge in [-0.2, -0.15) is 0 Å². The zero-order chi connectivity index (χ0) is 23.2. The number of rotatable bonds is 8. The number of aryl methyl sites for hydroxylation is 1. The number of fused-ring (bicyclic) bond motifs is 1. The summed E-state index contributed by atoms with van der Waals surface area (Å²) in [5.41, 5.74) is 3.60. The van der Waals surface area contributed by atoms with E-state index in [0.717, 1.165) is 38.5 Å². The number of ether oxygens (including phenoxy) is 1. The van der Waals surface area contributed by atoms with Crippen molar-refractivity contribution in [2.45, 2.75) is 57.9 Å². The number of hydrogen-bond donors (Lipinski definition) is 0. The van der Waals surface area contributed by atoms with Crippen molar-refractivity contribution in [3.05, 3.63) is 57.3 Å². The van der Waals surface area contributed by atoms with E-state index in [9.17, 15) is 9.59 Å². The fourth-order valence-corrected chi connectivity index (χ4v) is 6.25. The van der Waals surface area contributed by atoms with Crippen LogP contribution >= 0.6 is 11.3 Å². The topological polar surface area (TPSA) is 49.9 Å². The normalized spacial score (nSPS) is 18.7. The van der Waals surface area contributed by atoms with Gasteiger partial charge in [0.2, 0.25) is 11.8 Å². The molecule has 0 spiro atoms. The minimum atomic E-state index is -0.0840. The van der Waals surface area contributed by atoms with E-state index in [0.29, 0.717) is 19.7 Å². The number of benzene rings is 1. The summed E-state index contributed by atoms with van der Waals surface area (Å²) in [7, 11) is 1.68. The summed E-state index contributed by atoms with van der Waals surface area (Å²) in [6.45, 7) is 4.12. The predicted octanol–water partition coefficient (Wildman–Crippen LogP) is 4.98. The molecule has 6 heteroatoms. The smallest absolute Gasteiger partial charge is 0.242 e. The molecule has 2 aromatic rings. The van der Waals surface area contributed by atoms with E-state index >= 15 is 0 Å². The summed E-state index contributed by atoms with van der Waals surface area (Å²) in [4.78, 5) is 32.3. The van der Waals surface area contributed by atoms with Crippen LogP contribution in [0, 0.1) is 12.8 Å². The first kappa shape index (κ1) is 24.0. The van der Waals surface area contributed by atoms with E-state index in [2.05, 4.69) is 36.6 Å². The summed E-state index contributed by atoms with van der Waals surface area (Å²) in [5.74, 6) is 0.257. The Bertz CT molecular complexity index is 950. The second-order valence-electron chi connectivity index (χ2n) is 9.34. The van der Waals surface area contributed by atoms with Gasteiger partial charge in [-0.15, -0.1) is 11.3 Å². The largest absolute Gasteiger partial charge is 0.385 e. The van der Waals surface area contributed by atoms with Crippen LogP contribution in [0.5, 0.6) is 0 Å². The Hall–Kier alpha value is -2.18. The zero-order valence-corrected chi connectivity index (χ0v) is 20.7. The number of nitrogens with zero attached hydrogens (tertiary/aromatic N) is 2. The van der Waals surface area contributed by atoms with Gasteiger partial charge in [-0.1, -0.05) is 43.5 Å². The molecule has 0 radical (unpaired) electrons. The van der Waals surface area contributed by atoms with Gasteiger partial charge in [0.1, 0.15) is 0 Å². The van der Waals surface area contributed by atoms with Crippen LogP contribution in [0.1, 0.15) is 66.1 Å². The summed E-state index contributed by atoms with van der Waals surface area (Å²) in [6.07, 6.45) is 6.95. The molecule has 2 aliphatic rings. The van der Waals surface area contributed by atoms with Crippen molar-refractivity contribution in [2.24, 2.45) is 5.92 Å². The highest BCUT2D eigenvalue weighted by molar-refractivity contribution is 7.10. The zero-order valence-electron chi connectivity index (χ0n) is 19.9. The van der Waals surface area contributed by atoms with Gasteiger partial charge in [0.15, 0.2) is 0 Å². The molecule has 2 amide bonds. The third-order valence-corrected chi connectivity index (χ3v) is 8.13. The van der Waals surface area contributed by atoms with E-state index in [1.54, 1.807) is 18.4 Å². The maximum absolute atomic E-state index is 13.8. The standard InChI is InChI=1S/C27H36N2O3S/c1-20-9-6-7-12-22(20)26-23-14-18-33-24(23)13-16-29(26)25(30)19-28(15-8-17-32-2)27(31)21-10-4-3-5-11-21/h6-7,9,12,14,18,21,26H,3-5,8,10-11,13,15-17,19H2,1-2H3. The summed E-state index contributed by atoms with van der Waals surface area (Å²) >= 11 is 1.78.